The van der Waals surface area contributed by atoms with Gasteiger partial charge in [-0.1, -0.05) is 0 Å². The van der Waals surface area contributed by atoms with Crippen molar-refractivity contribution in [3.8, 4) is 5.69 Å². The highest BCUT2D eigenvalue weighted by Gasteiger charge is 2.49. The van der Waals surface area contributed by atoms with Gasteiger partial charge in [-0.15, -0.1) is 0 Å². The molecule has 3 aromatic rings. The topological polar surface area (TPSA) is 93.9 Å². The average Bonchev–Trinajstić information content (AvgIpc) is 3.09. The van der Waals surface area contributed by atoms with Crippen molar-refractivity contribution in [1.82, 2.24) is 20.1 Å². The molecule has 0 aliphatic heterocycles. The zero-order chi connectivity index (χ0) is 23.0. The number of rotatable bonds is 5. The molecule has 2 heterocycles. The van der Waals surface area contributed by atoms with Crippen molar-refractivity contribution in [2.75, 3.05) is 0 Å². The van der Waals surface area contributed by atoms with Gasteiger partial charge in [-0.2, -0.15) is 18.3 Å². The first kappa shape index (κ1) is 22.4. The summed E-state index contributed by atoms with van der Waals surface area (Å²) < 4.78 is 77.0. The number of halogens is 4. The Bertz CT molecular complexity index is 1220. The van der Waals surface area contributed by atoms with Crippen LogP contribution in [0.2, 0.25) is 0 Å². The average molecular weight is 456 g/mol. The molecule has 12 heteroatoms. The minimum atomic E-state index is -5.82. The van der Waals surface area contributed by atoms with Crippen molar-refractivity contribution in [3.05, 3.63) is 71.4 Å². The van der Waals surface area contributed by atoms with Crippen molar-refractivity contribution >= 4 is 15.7 Å². The van der Waals surface area contributed by atoms with Gasteiger partial charge in [-0.25, -0.2) is 22.5 Å². The predicted octanol–water partition coefficient (Wildman–Crippen LogP) is 3.50. The molecule has 3 rings (SSSR count). The van der Waals surface area contributed by atoms with Gasteiger partial charge in [0.05, 0.1) is 23.5 Å². The first-order valence-electron chi connectivity index (χ1n) is 8.81. The third kappa shape index (κ3) is 4.29. The van der Waals surface area contributed by atoms with Gasteiger partial charge in [-0.05, 0) is 50.2 Å². The lowest BCUT2D eigenvalue weighted by Gasteiger charge is -2.16. The van der Waals surface area contributed by atoms with Gasteiger partial charge >= 0.3 is 5.51 Å². The van der Waals surface area contributed by atoms with E-state index < -0.39 is 43.7 Å². The van der Waals surface area contributed by atoms with Crippen LogP contribution in [-0.4, -0.2) is 34.6 Å². The van der Waals surface area contributed by atoms with Gasteiger partial charge in [0.2, 0.25) is 0 Å². The summed E-state index contributed by atoms with van der Waals surface area (Å²) in [5.41, 5.74) is -4.64. The van der Waals surface area contributed by atoms with Crippen LogP contribution in [0.25, 0.3) is 5.69 Å². The van der Waals surface area contributed by atoms with Crippen molar-refractivity contribution in [2.45, 2.75) is 30.4 Å². The number of pyridine rings is 1. The van der Waals surface area contributed by atoms with E-state index in [0.29, 0.717) is 16.9 Å². The van der Waals surface area contributed by atoms with E-state index in [1.54, 1.807) is 13.8 Å². The third-order valence-electron chi connectivity index (χ3n) is 4.51. The fourth-order valence-corrected chi connectivity index (χ4v) is 3.80. The molecular weight excluding hydrogens is 440 g/mol. The minimum absolute atomic E-state index is 0.421. The van der Waals surface area contributed by atoms with Crippen molar-refractivity contribution < 1.29 is 30.8 Å². The highest BCUT2D eigenvalue weighted by Crippen LogP contribution is 2.31. The number of hydrogen-bond acceptors (Lipinski definition) is 5. The van der Waals surface area contributed by atoms with E-state index >= 15 is 0 Å². The first-order chi connectivity index (χ1) is 14.4. The molecule has 0 bridgehead atoms. The SMILES string of the molecule is Cc1c(C(C)NC(=O)c2cccnc2S(=O)(=O)C(F)(F)F)cnn1-c1ccc(F)cc1. The molecule has 1 atom stereocenters. The summed E-state index contributed by atoms with van der Waals surface area (Å²) in [4.78, 5) is 15.9. The number of nitrogens with zero attached hydrogens (tertiary/aromatic N) is 3. The van der Waals surface area contributed by atoms with Crippen LogP contribution in [0.15, 0.2) is 53.8 Å². The molecule has 1 unspecified atom stereocenters. The second-order valence-electron chi connectivity index (χ2n) is 6.57. The number of aromatic nitrogens is 3. The van der Waals surface area contributed by atoms with Gasteiger partial charge in [0.25, 0.3) is 15.7 Å². The number of carbonyl (C=O) groups is 1. The molecule has 0 fully saturated rings. The summed E-state index contributed by atoms with van der Waals surface area (Å²) >= 11 is 0. The molecule has 0 radical (unpaired) electrons. The summed E-state index contributed by atoms with van der Waals surface area (Å²) in [6.45, 7) is 3.25. The number of benzene rings is 1. The van der Waals surface area contributed by atoms with Crippen LogP contribution >= 0.6 is 0 Å². The summed E-state index contributed by atoms with van der Waals surface area (Å²) in [6, 6.07) is 6.90. The van der Waals surface area contributed by atoms with Crippen LogP contribution in [0.4, 0.5) is 17.6 Å². The Morgan fingerprint density at radius 1 is 1.16 bits per heavy atom. The number of nitrogens with one attached hydrogen (secondary N) is 1. The zero-order valence-corrected chi connectivity index (χ0v) is 17.0. The van der Waals surface area contributed by atoms with Crippen LogP contribution in [-0.2, 0) is 9.84 Å². The normalized spacial score (nSPS) is 13.1. The largest absolute Gasteiger partial charge is 0.503 e. The monoisotopic (exact) mass is 456 g/mol. The van der Waals surface area contributed by atoms with Crippen LogP contribution < -0.4 is 5.32 Å². The third-order valence-corrected chi connectivity index (χ3v) is 5.95. The molecule has 1 amide bonds. The second-order valence-corrected chi connectivity index (χ2v) is 8.43. The summed E-state index contributed by atoms with van der Waals surface area (Å²) in [6.07, 6.45) is 2.30. The fraction of sp³-hybridized carbons (Fsp3) is 0.211. The smallest absolute Gasteiger partial charge is 0.345 e. The van der Waals surface area contributed by atoms with E-state index in [2.05, 4.69) is 15.4 Å². The maximum absolute atomic E-state index is 13.1. The number of hydrogen-bond donors (Lipinski definition) is 1. The van der Waals surface area contributed by atoms with E-state index in [0.717, 1.165) is 18.3 Å². The molecule has 0 spiro atoms. The van der Waals surface area contributed by atoms with Gasteiger partial charge in [-0.3, -0.25) is 4.79 Å². The summed E-state index contributed by atoms with van der Waals surface area (Å²) in [7, 11) is -5.82. The van der Waals surface area contributed by atoms with E-state index in [4.69, 9.17) is 0 Å². The minimum Gasteiger partial charge on any atom is -0.345 e. The van der Waals surface area contributed by atoms with E-state index in [1.165, 1.54) is 35.1 Å². The maximum Gasteiger partial charge on any atom is 0.503 e. The molecule has 31 heavy (non-hydrogen) atoms. The Balaban J connectivity index is 1.89. The van der Waals surface area contributed by atoms with Crippen LogP contribution in [0.3, 0.4) is 0 Å². The standard InChI is InChI=1S/C19H16F4N4O3S/c1-11(16-10-25-27(12(16)2)14-7-5-13(20)6-8-14)26-17(28)15-4-3-9-24-18(15)31(29,30)19(21,22)23/h3-11H,1-2H3,(H,26,28). The quantitative estimate of drug-likeness (QED) is 0.593. The molecule has 164 valence electrons. The first-order valence-corrected chi connectivity index (χ1v) is 10.3. The van der Waals surface area contributed by atoms with E-state index in [9.17, 15) is 30.8 Å². The molecular formula is C19H16F4N4O3S. The van der Waals surface area contributed by atoms with Crippen LogP contribution in [0, 0.1) is 12.7 Å². The summed E-state index contributed by atoms with van der Waals surface area (Å²) in [5, 5.41) is 5.29. The Labute approximate surface area is 174 Å². The molecule has 7 nitrogen and oxygen atoms in total. The Kier molecular flexibility index (Phi) is 5.85. The van der Waals surface area contributed by atoms with Crippen LogP contribution in [0.5, 0.6) is 0 Å². The summed E-state index contributed by atoms with van der Waals surface area (Å²) in [5.74, 6) is -1.46. The number of carbonyl (C=O) groups excluding carboxylic acids is 1. The lowest BCUT2D eigenvalue weighted by Crippen LogP contribution is -2.31. The Hall–Kier alpha value is -3.28. The predicted molar refractivity (Wildman–Crippen MR) is 102 cm³/mol. The van der Waals surface area contributed by atoms with E-state index in [1.807, 2.05) is 0 Å². The fourth-order valence-electron chi connectivity index (χ4n) is 2.93. The van der Waals surface area contributed by atoms with Gasteiger partial charge in [0.15, 0.2) is 5.03 Å². The van der Waals surface area contributed by atoms with Crippen LogP contribution in [0.1, 0.15) is 34.6 Å². The zero-order valence-electron chi connectivity index (χ0n) is 16.2. The lowest BCUT2D eigenvalue weighted by molar-refractivity contribution is -0.0438. The Morgan fingerprint density at radius 2 is 1.81 bits per heavy atom. The molecule has 0 aliphatic carbocycles. The molecule has 0 aliphatic rings. The number of alkyl halides is 3. The van der Waals surface area contributed by atoms with Crippen molar-refractivity contribution in [1.29, 1.82) is 0 Å². The van der Waals surface area contributed by atoms with Crippen molar-refractivity contribution in [3.63, 3.8) is 0 Å². The Morgan fingerprint density at radius 3 is 2.42 bits per heavy atom. The molecule has 0 saturated carbocycles. The van der Waals surface area contributed by atoms with Gasteiger partial charge < -0.3 is 5.32 Å². The maximum atomic E-state index is 13.1. The van der Waals surface area contributed by atoms with Gasteiger partial charge in [0, 0.05) is 17.5 Å². The molecule has 2 aromatic heterocycles. The molecule has 0 saturated heterocycles. The highest BCUT2D eigenvalue weighted by molar-refractivity contribution is 7.92. The van der Waals surface area contributed by atoms with Gasteiger partial charge in [0.1, 0.15) is 5.82 Å². The highest BCUT2D eigenvalue weighted by atomic mass is 32.2. The number of amides is 1. The van der Waals surface area contributed by atoms with Crippen molar-refractivity contribution in [2.24, 2.45) is 0 Å². The van der Waals surface area contributed by atoms with E-state index in [-0.39, 0.29) is 0 Å². The molecule has 1 aromatic carbocycles. The lowest BCUT2D eigenvalue weighted by atomic mass is 10.1. The second kappa shape index (κ2) is 8.10. The molecule has 1 N–H and O–H groups in total. The number of sulfone groups is 1.